The number of hydrogen-bond acceptors (Lipinski definition) is 4. The molecule has 0 unspecified atom stereocenters. The summed E-state index contributed by atoms with van der Waals surface area (Å²) < 4.78 is 0. The van der Waals surface area contributed by atoms with Crippen LogP contribution in [0, 0.1) is 0 Å². The van der Waals surface area contributed by atoms with Gasteiger partial charge in [-0.3, -0.25) is 14.9 Å². The maximum Gasteiger partial charge on any atom is 0.278 e. The Balaban J connectivity index is 4.69. The van der Waals surface area contributed by atoms with Gasteiger partial charge in [0.2, 0.25) is 5.91 Å². The van der Waals surface area contributed by atoms with Gasteiger partial charge in [0.1, 0.15) is 5.70 Å². The molecule has 0 aliphatic rings. The standard InChI is InChI=1S/C7H12N4O2/c1-4(9)6(10-3-8)7(13)11-5(2)12/h3H,9H2,1-2H3,(H2,8,10)(H,11,12,13)/b6-4+. The number of nitrogens with two attached hydrogens (primary N) is 2. The van der Waals surface area contributed by atoms with E-state index in [1.54, 1.807) is 0 Å². The molecule has 72 valence electrons. The second kappa shape index (κ2) is 4.91. The number of rotatable bonds is 2. The van der Waals surface area contributed by atoms with Crippen molar-refractivity contribution in [3.8, 4) is 0 Å². The zero-order valence-corrected chi connectivity index (χ0v) is 7.50. The first-order valence-corrected chi connectivity index (χ1v) is 3.51. The Morgan fingerprint density at radius 3 is 2.23 bits per heavy atom. The van der Waals surface area contributed by atoms with Gasteiger partial charge < -0.3 is 11.5 Å². The summed E-state index contributed by atoms with van der Waals surface area (Å²) in [6.45, 7) is 2.70. The van der Waals surface area contributed by atoms with E-state index in [4.69, 9.17) is 11.5 Å². The largest absolute Gasteiger partial charge is 0.400 e. The average molecular weight is 184 g/mol. The van der Waals surface area contributed by atoms with Gasteiger partial charge in [-0.15, -0.1) is 0 Å². The highest BCUT2D eigenvalue weighted by molar-refractivity contribution is 6.04. The molecule has 0 radical (unpaired) electrons. The van der Waals surface area contributed by atoms with E-state index in [2.05, 4.69) is 4.99 Å². The van der Waals surface area contributed by atoms with Gasteiger partial charge in [0, 0.05) is 12.6 Å². The van der Waals surface area contributed by atoms with Crippen LogP contribution in [-0.2, 0) is 9.59 Å². The van der Waals surface area contributed by atoms with Crippen LogP contribution in [0.25, 0.3) is 0 Å². The second-order valence-corrected chi connectivity index (χ2v) is 2.32. The lowest BCUT2D eigenvalue weighted by atomic mass is 10.3. The van der Waals surface area contributed by atoms with Crippen molar-refractivity contribution in [2.45, 2.75) is 13.8 Å². The molecule has 0 aromatic rings. The lowest BCUT2D eigenvalue weighted by molar-refractivity contribution is -0.127. The molecule has 0 atom stereocenters. The number of nitrogens with zero attached hydrogens (tertiary/aromatic N) is 1. The summed E-state index contributed by atoms with van der Waals surface area (Å²) in [7, 11) is 0. The average Bonchev–Trinajstić information content (AvgIpc) is 1.97. The first-order valence-electron chi connectivity index (χ1n) is 3.51. The van der Waals surface area contributed by atoms with Crippen LogP contribution in [0.1, 0.15) is 13.8 Å². The summed E-state index contributed by atoms with van der Waals surface area (Å²) in [4.78, 5) is 25.2. The topological polar surface area (TPSA) is 111 Å². The number of carbonyl (C=O) groups is 2. The van der Waals surface area contributed by atoms with E-state index < -0.39 is 11.8 Å². The Labute approximate surface area is 75.7 Å². The minimum Gasteiger partial charge on any atom is -0.400 e. The van der Waals surface area contributed by atoms with Crippen molar-refractivity contribution in [1.29, 1.82) is 0 Å². The van der Waals surface area contributed by atoms with Crippen molar-refractivity contribution in [1.82, 2.24) is 5.32 Å². The molecule has 0 rings (SSSR count). The minimum absolute atomic E-state index is 0.0577. The van der Waals surface area contributed by atoms with Gasteiger partial charge in [-0.25, -0.2) is 4.99 Å². The third-order valence-electron chi connectivity index (χ3n) is 1.08. The Bertz CT molecular complexity index is 276. The van der Waals surface area contributed by atoms with E-state index in [0.717, 1.165) is 6.34 Å². The van der Waals surface area contributed by atoms with Crippen LogP contribution in [0.15, 0.2) is 16.4 Å². The van der Waals surface area contributed by atoms with Crippen LogP contribution >= 0.6 is 0 Å². The Morgan fingerprint density at radius 2 is 1.92 bits per heavy atom. The number of allylic oxidation sites excluding steroid dienone is 1. The predicted molar refractivity (Wildman–Crippen MR) is 48.4 cm³/mol. The molecule has 6 heteroatoms. The highest BCUT2D eigenvalue weighted by atomic mass is 16.2. The fourth-order valence-corrected chi connectivity index (χ4v) is 0.633. The van der Waals surface area contributed by atoms with Gasteiger partial charge in [0.25, 0.3) is 5.91 Å². The van der Waals surface area contributed by atoms with Crippen LogP contribution in [0.3, 0.4) is 0 Å². The summed E-state index contributed by atoms with van der Waals surface area (Å²) >= 11 is 0. The molecule has 5 N–H and O–H groups in total. The SMILES string of the molecule is CC(=O)NC(=O)/C(N=CN)=C(/C)N. The summed E-state index contributed by atoms with van der Waals surface area (Å²) in [5.74, 6) is -1.13. The van der Waals surface area contributed by atoms with E-state index in [1.807, 2.05) is 5.32 Å². The van der Waals surface area contributed by atoms with Crippen molar-refractivity contribution >= 4 is 18.2 Å². The third-order valence-corrected chi connectivity index (χ3v) is 1.08. The van der Waals surface area contributed by atoms with Crippen molar-refractivity contribution in [2.75, 3.05) is 0 Å². The summed E-state index contributed by atoms with van der Waals surface area (Å²) in [5.41, 5.74) is 10.5. The second-order valence-electron chi connectivity index (χ2n) is 2.32. The van der Waals surface area contributed by atoms with Crippen LogP contribution < -0.4 is 16.8 Å². The number of imide groups is 1. The lowest BCUT2D eigenvalue weighted by Crippen LogP contribution is -2.30. The van der Waals surface area contributed by atoms with Gasteiger partial charge in [-0.05, 0) is 6.92 Å². The monoisotopic (exact) mass is 184 g/mol. The number of hydrogen-bond donors (Lipinski definition) is 3. The lowest BCUT2D eigenvalue weighted by Gasteiger charge is -2.02. The molecule has 0 aliphatic heterocycles. The minimum atomic E-state index is -0.658. The van der Waals surface area contributed by atoms with Gasteiger partial charge in [-0.2, -0.15) is 0 Å². The van der Waals surface area contributed by atoms with Gasteiger partial charge in [-0.1, -0.05) is 0 Å². The molecule has 0 fully saturated rings. The van der Waals surface area contributed by atoms with Crippen molar-refractivity contribution in [2.24, 2.45) is 16.5 Å². The fraction of sp³-hybridized carbons (Fsp3) is 0.286. The van der Waals surface area contributed by atoms with Gasteiger partial charge in [0.05, 0.1) is 6.34 Å². The van der Waals surface area contributed by atoms with Gasteiger partial charge in [0.15, 0.2) is 0 Å². The molecule has 0 saturated heterocycles. The molecule has 0 heterocycles. The van der Waals surface area contributed by atoms with E-state index in [1.165, 1.54) is 13.8 Å². The predicted octanol–water partition coefficient (Wildman–Crippen LogP) is -1.17. The van der Waals surface area contributed by atoms with Crippen LogP contribution in [0.5, 0.6) is 0 Å². The zero-order valence-electron chi connectivity index (χ0n) is 7.50. The van der Waals surface area contributed by atoms with E-state index in [-0.39, 0.29) is 11.4 Å². The molecule has 0 aliphatic carbocycles. The number of carbonyl (C=O) groups excluding carboxylic acids is 2. The van der Waals surface area contributed by atoms with Crippen molar-refractivity contribution < 1.29 is 9.59 Å². The summed E-state index contributed by atoms with van der Waals surface area (Å²) in [6, 6.07) is 0. The molecule has 0 bridgehead atoms. The number of nitrogens with one attached hydrogen (secondary N) is 1. The molecular formula is C7H12N4O2. The molecule has 0 aromatic carbocycles. The van der Waals surface area contributed by atoms with E-state index >= 15 is 0 Å². The third kappa shape index (κ3) is 3.90. The number of amides is 2. The van der Waals surface area contributed by atoms with Crippen molar-refractivity contribution in [3.05, 3.63) is 11.4 Å². The Morgan fingerprint density at radius 1 is 1.38 bits per heavy atom. The smallest absolute Gasteiger partial charge is 0.278 e. The maximum absolute atomic E-state index is 11.1. The zero-order chi connectivity index (χ0) is 10.4. The van der Waals surface area contributed by atoms with Crippen LogP contribution in [-0.4, -0.2) is 18.2 Å². The Kier molecular flexibility index (Phi) is 4.21. The molecule has 6 nitrogen and oxygen atoms in total. The molecule has 13 heavy (non-hydrogen) atoms. The first kappa shape index (κ1) is 11.2. The Hall–Kier alpha value is -1.85. The molecule has 0 saturated carbocycles. The quantitative estimate of drug-likeness (QED) is 0.285. The molecular weight excluding hydrogens is 172 g/mol. The van der Waals surface area contributed by atoms with Crippen molar-refractivity contribution in [3.63, 3.8) is 0 Å². The van der Waals surface area contributed by atoms with E-state index in [9.17, 15) is 9.59 Å². The highest BCUT2D eigenvalue weighted by Crippen LogP contribution is 1.99. The molecule has 0 aromatic heterocycles. The highest BCUT2D eigenvalue weighted by Gasteiger charge is 2.11. The molecule has 2 amide bonds. The van der Waals surface area contributed by atoms with Gasteiger partial charge >= 0.3 is 0 Å². The van der Waals surface area contributed by atoms with Crippen LogP contribution in [0.4, 0.5) is 0 Å². The normalized spacial score (nSPS) is 12.5. The summed E-state index contributed by atoms with van der Waals surface area (Å²) in [6.07, 6.45) is 0.936. The molecule has 0 spiro atoms. The first-order chi connectivity index (χ1) is 5.99. The number of aliphatic imine (C=N–C) groups is 1. The van der Waals surface area contributed by atoms with E-state index in [0.29, 0.717) is 0 Å². The fourth-order valence-electron chi connectivity index (χ4n) is 0.633. The summed E-state index contributed by atoms with van der Waals surface area (Å²) in [5, 5.41) is 2.02. The maximum atomic E-state index is 11.1. The van der Waals surface area contributed by atoms with Crippen LogP contribution in [0.2, 0.25) is 0 Å².